The number of benzene rings is 1. The van der Waals surface area contributed by atoms with Crippen LogP contribution in [0.1, 0.15) is 5.56 Å². The van der Waals surface area contributed by atoms with Gasteiger partial charge in [0.25, 0.3) is 0 Å². The Bertz CT molecular complexity index is 634. The van der Waals surface area contributed by atoms with Crippen molar-refractivity contribution in [1.82, 2.24) is 15.6 Å². The molecule has 0 aliphatic rings. The van der Waals surface area contributed by atoms with Crippen LogP contribution in [0.3, 0.4) is 0 Å². The molecular weight excluding hydrogens is 288 g/mol. The van der Waals surface area contributed by atoms with E-state index >= 15 is 0 Å². The number of hydrogen-bond donors (Lipinski definition) is 2. The molecule has 22 heavy (non-hydrogen) atoms. The molecule has 0 saturated heterocycles. The summed E-state index contributed by atoms with van der Waals surface area (Å²) < 4.78 is 25.3. The molecule has 2 amide bonds. The first kappa shape index (κ1) is 15.9. The molecule has 0 bridgehead atoms. The van der Waals surface area contributed by atoms with Gasteiger partial charge in [0.1, 0.15) is 12.5 Å². The highest BCUT2D eigenvalue weighted by Gasteiger charge is 2.07. The minimum Gasteiger partial charge on any atom is -0.338 e. The fourth-order valence-electron chi connectivity index (χ4n) is 2.07. The van der Waals surface area contributed by atoms with E-state index in [4.69, 9.17) is 0 Å². The summed E-state index contributed by atoms with van der Waals surface area (Å²) in [5.41, 5.74) is 2.28. The summed E-state index contributed by atoms with van der Waals surface area (Å²) in [5, 5.41) is 5.02. The number of nitrogens with one attached hydrogen (secondary N) is 2. The van der Waals surface area contributed by atoms with Gasteiger partial charge in [0, 0.05) is 24.8 Å². The molecular formula is C16H17F2N3O. The number of aromatic nitrogens is 1. The van der Waals surface area contributed by atoms with Crippen LogP contribution in [0.25, 0.3) is 11.3 Å². The molecule has 116 valence electrons. The van der Waals surface area contributed by atoms with Crippen LogP contribution < -0.4 is 10.6 Å². The minimum absolute atomic E-state index is 0.00668. The monoisotopic (exact) mass is 305 g/mol. The van der Waals surface area contributed by atoms with Crippen LogP contribution in [0.5, 0.6) is 0 Å². The number of nitrogens with zero attached hydrogens (tertiary/aromatic N) is 1. The van der Waals surface area contributed by atoms with Gasteiger partial charge in [-0.25, -0.2) is 13.6 Å². The molecule has 1 aromatic carbocycles. The van der Waals surface area contributed by atoms with Gasteiger partial charge in [0.15, 0.2) is 0 Å². The third-order valence-electron chi connectivity index (χ3n) is 3.05. The maximum Gasteiger partial charge on any atom is 0.314 e. The van der Waals surface area contributed by atoms with E-state index in [0.717, 1.165) is 5.56 Å². The number of urea groups is 1. The molecule has 0 fully saturated rings. The van der Waals surface area contributed by atoms with Crippen molar-refractivity contribution in [3.63, 3.8) is 0 Å². The van der Waals surface area contributed by atoms with Gasteiger partial charge in [0.2, 0.25) is 0 Å². The van der Waals surface area contributed by atoms with Crippen molar-refractivity contribution < 1.29 is 13.6 Å². The van der Waals surface area contributed by atoms with E-state index in [-0.39, 0.29) is 12.4 Å². The summed E-state index contributed by atoms with van der Waals surface area (Å²) in [6.45, 7) is -0.223. The van der Waals surface area contributed by atoms with Crippen LogP contribution in [-0.2, 0) is 6.42 Å². The van der Waals surface area contributed by atoms with Crippen molar-refractivity contribution in [1.29, 1.82) is 0 Å². The zero-order chi connectivity index (χ0) is 15.8. The number of alkyl halides is 1. The van der Waals surface area contributed by atoms with Crippen molar-refractivity contribution in [2.75, 3.05) is 19.8 Å². The second-order valence-electron chi connectivity index (χ2n) is 4.64. The number of hydrogen-bond acceptors (Lipinski definition) is 2. The molecule has 0 atom stereocenters. The Labute approximate surface area is 127 Å². The van der Waals surface area contributed by atoms with Gasteiger partial charge >= 0.3 is 6.03 Å². The van der Waals surface area contributed by atoms with E-state index < -0.39 is 12.7 Å². The van der Waals surface area contributed by atoms with Gasteiger partial charge in [-0.05, 0) is 30.2 Å². The van der Waals surface area contributed by atoms with Gasteiger partial charge in [-0.3, -0.25) is 4.98 Å². The van der Waals surface area contributed by atoms with Crippen LogP contribution in [0.15, 0.2) is 42.6 Å². The first-order valence-electron chi connectivity index (χ1n) is 6.98. The fraction of sp³-hybridized carbons (Fsp3) is 0.250. The minimum atomic E-state index is -0.597. The van der Waals surface area contributed by atoms with E-state index in [0.29, 0.717) is 24.2 Å². The van der Waals surface area contributed by atoms with Gasteiger partial charge in [-0.1, -0.05) is 18.2 Å². The number of halogens is 2. The Balaban J connectivity index is 2.02. The highest BCUT2D eigenvalue weighted by molar-refractivity contribution is 5.73. The number of amides is 2. The largest absolute Gasteiger partial charge is 0.338 e. The van der Waals surface area contributed by atoms with Gasteiger partial charge in [0.05, 0.1) is 5.69 Å². The summed E-state index contributed by atoms with van der Waals surface area (Å²) in [6, 6.07) is 9.49. The van der Waals surface area contributed by atoms with Crippen molar-refractivity contribution in [3.05, 3.63) is 54.0 Å². The molecule has 0 spiro atoms. The van der Waals surface area contributed by atoms with Crippen LogP contribution in [0, 0.1) is 5.82 Å². The third-order valence-corrected chi connectivity index (χ3v) is 3.05. The zero-order valence-corrected chi connectivity index (χ0v) is 12.0. The number of rotatable bonds is 6. The molecule has 0 radical (unpaired) electrons. The van der Waals surface area contributed by atoms with E-state index in [1.54, 1.807) is 24.4 Å². The lowest BCUT2D eigenvalue weighted by molar-refractivity contribution is 0.240. The van der Waals surface area contributed by atoms with Crippen molar-refractivity contribution >= 4 is 6.03 Å². The second-order valence-corrected chi connectivity index (χ2v) is 4.64. The molecule has 4 nitrogen and oxygen atoms in total. The van der Waals surface area contributed by atoms with E-state index in [2.05, 4.69) is 15.6 Å². The number of carbonyl (C=O) groups excluding carboxylic acids is 1. The molecule has 6 heteroatoms. The summed E-state index contributed by atoms with van der Waals surface area (Å²) >= 11 is 0. The van der Waals surface area contributed by atoms with Crippen LogP contribution in [-0.4, -0.2) is 30.8 Å². The molecule has 0 unspecified atom stereocenters. The molecule has 2 N–H and O–H groups in total. The standard InChI is InChI=1S/C16H17F2N3O/c17-7-10-21-16(22)20-9-6-12-4-2-8-19-15(12)13-3-1-5-14(18)11-13/h1-5,8,11H,6-7,9-10H2,(H2,20,21,22). The Morgan fingerprint density at radius 2 is 1.95 bits per heavy atom. The highest BCUT2D eigenvalue weighted by Crippen LogP contribution is 2.22. The van der Waals surface area contributed by atoms with Gasteiger partial charge in [-0.15, -0.1) is 0 Å². The first-order valence-corrected chi connectivity index (χ1v) is 6.98. The quantitative estimate of drug-likeness (QED) is 0.862. The predicted molar refractivity (Wildman–Crippen MR) is 80.7 cm³/mol. The second kappa shape index (κ2) is 8.07. The lowest BCUT2D eigenvalue weighted by Crippen LogP contribution is -2.37. The molecule has 0 saturated carbocycles. The van der Waals surface area contributed by atoms with Crippen LogP contribution in [0.2, 0.25) is 0 Å². The van der Waals surface area contributed by atoms with Gasteiger partial charge < -0.3 is 10.6 Å². The molecule has 0 aliphatic heterocycles. The summed E-state index contributed by atoms with van der Waals surface area (Å²) in [6.07, 6.45) is 2.19. The number of pyridine rings is 1. The maximum absolute atomic E-state index is 13.3. The third kappa shape index (κ3) is 4.51. The van der Waals surface area contributed by atoms with Crippen LogP contribution >= 0.6 is 0 Å². The van der Waals surface area contributed by atoms with Crippen molar-refractivity contribution in [3.8, 4) is 11.3 Å². The lowest BCUT2D eigenvalue weighted by atomic mass is 10.0. The molecule has 0 aliphatic carbocycles. The zero-order valence-electron chi connectivity index (χ0n) is 12.0. The average molecular weight is 305 g/mol. The molecule has 1 heterocycles. The van der Waals surface area contributed by atoms with Crippen LogP contribution in [0.4, 0.5) is 13.6 Å². The summed E-state index contributed by atoms with van der Waals surface area (Å²) in [5.74, 6) is -0.321. The average Bonchev–Trinajstić information content (AvgIpc) is 2.53. The normalized spacial score (nSPS) is 10.3. The Hall–Kier alpha value is -2.50. The smallest absolute Gasteiger partial charge is 0.314 e. The van der Waals surface area contributed by atoms with E-state index in [1.807, 2.05) is 6.07 Å². The predicted octanol–water partition coefficient (Wildman–Crippen LogP) is 2.70. The SMILES string of the molecule is O=C(NCCF)NCCc1cccnc1-c1cccc(F)c1. The Morgan fingerprint density at radius 3 is 2.73 bits per heavy atom. The summed E-state index contributed by atoms with van der Waals surface area (Å²) in [4.78, 5) is 15.6. The molecule has 2 aromatic rings. The maximum atomic E-state index is 13.3. The van der Waals surface area contributed by atoms with E-state index in [9.17, 15) is 13.6 Å². The molecule has 2 rings (SSSR count). The van der Waals surface area contributed by atoms with Crippen molar-refractivity contribution in [2.24, 2.45) is 0 Å². The topological polar surface area (TPSA) is 54.0 Å². The summed E-state index contributed by atoms with van der Waals surface area (Å²) in [7, 11) is 0. The van der Waals surface area contributed by atoms with Gasteiger partial charge in [-0.2, -0.15) is 0 Å². The Morgan fingerprint density at radius 1 is 1.14 bits per heavy atom. The first-order chi connectivity index (χ1) is 10.7. The Kier molecular flexibility index (Phi) is 5.82. The number of carbonyl (C=O) groups is 1. The van der Waals surface area contributed by atoms with Crippen molar-refractivity contribution in [2.45, 2.75) is 6.42 Å². The lowest BCUT2D eigenvalue weighted by Gasteiger charge is -2.10. The fourth-order valence-corrected chi connectivity index (χ4v) is 2.07. The highest BCUT2D eigenvalue weighted by atomic mass is 19.1. The van der Waals surface area contributed by atoms with E-state index in [1.165, 1.54) is 12.1 Å². The molecule has 1 aromatic heterocycles.